The fourth-order valence-electron chi connectivity index (χ4n) is 12.1. The molecule has 0 aliphatic heterocycles. The highest BCUT2D eigenvalue weighted by atomic mass is 16.5. The fourth-order valence-corrected chi connectivity index (χ4v) is 12.1. The van der Waals surface area contributed by atoms with Crippen molar-refractivity contribution in [1.82, 2.24) is 5.32 Å². The molecule has 0 fully saturated rings. The normalized spacial score (nSPS) is 12.5. The van der Waals surface area contributed by atoms with Crippen molar-refractivity contribution in [3.63, 3.8) is 0 Å². The molecule has 482 valence electrons. The maximum Gasteiger partial charge on any atom is 0.305 e. The van der Waals surface area contributed by atoms with Crippen LogP contribution in [0.15, 0.2) is 12.2 Å². The number of amides is 1. The predicted molar refractivity (Wildman–Crippen MR) is 357 cm³/mol. The number of carbonyl (C=O) groups is 2. The van der Waals surface area contributed by atoms with Crippen molar-refractivity contribution in [2.45, 2.75) is 443 Å². The molecule has 1 amide bonds. The van der Waals surface area contributed by atoms with Gasteiger partial charge in [0.25, 0.3) is 0 Å². The van der Waals surface area contributed by atoms with E-state index in [0.29, 0.717) is 25.9 Å². The molecule has 0 rings (SSSR count). The van der Waals surface area contributed by atoms with E-state index in [4.69, 9.17) is 4.74 Å². The summed E-state index contributed by atoms with van der Waals surface area (Å²) in [4.78, 5) is 24.6. The van der Waals surface area contributed by atoms with Crippen molar-refractivity contribution in [3.05, 3.63) is 12.2 Å². The molecule has 2 unspecified atom stereocenters. The number of rotatable bonds is 71. The monoisotopic (exact) mass is 1140 g/mol. The van der Waals surface area contributed by atoms with Crippen molar-refractivity contribution >= 4 is 11.9 Å². The molecule has 0 saturated carbocycles. The highest BCUT2D eigenvalue weighted by Crippen LogP contribution is 2.20. The number of hydrogen-bond acceptors (Lipinski definition) is 5. The largest absolute Gasteiger partial charge is 0.466 e. The summed E-state index contributed by atoms with van der Waals surface area (Å²) < 4.78 is 5.47. The van der Waals surface area contributed by atoms with Gasteiger partial charge in [-0.3, -0.25) is 9.59 Å². The van der Waals surface area contributed by atoms with E-state index >= 15 is 0 Å². The lowest BCUT2D eigenvalue weighted by molar-refractivity contribution is -0.143. The highest BCUT2D eigenvalue weighted by molar-refractivity contribution is 5.76. The van der Waals surface area contributed by atoms with E-state index in [9.17, 15) is 19.8 Å². The van der Waals surface area contributed by atoms with Gasteiger partial charge in [0.05, 0.1) is 25.4 Å². The van der Waals surface area contributed by atoms with Crippen LogP contribution in [0.1, 0.15) is 431 Å². The number of allylic oxidation sites excluding steroid dienone is 2. The molecule has 6 nitrogen and oxygen atoms in total. The molecule has 0 radical (unpaired) electrons. The molecule has 0 bridgehead atoms. The average Bonchev–Trinajstić information content (AvgIpc) is 3.47. The quantitative estimate of drug-likeness (QED) is 0.0320. The van der Waals surface area contributed by atoms with Crippen LogP contribution in [0.3, 0.4) is 0 Å². The Hall–Kier alpha value is -1.40. The Balaban J connectivity index is 3.35. The summed E-state index contributed by atoms with van der Waals surface area (Å²) in [6.45, 7) is 4.96. The van der Waals surface area contributed by atoms with Gasteiger partial charge in [-0.15, -0.1) is 0 Å². The number of aliphatic hydroxyl groups is 2. The van der Waals surface area contributed by atoms with E-state index in [-0.39, 0.29) is 18.5 Å². The number of carbonyl (C=O) groups excluding carboxylic acids is 2. The van der Waals surface area contributed by atoms with Gasteiger partial charge in [-0.1, -0.05) is 386 Å². The molecule has 2 atom stereocenters. The summed E-state index contributed by atoms with van der Waals surface area (Å²) in [6.07, 6.45) is 88.6. The van der Waals surface area contributed by atoms with Gasteiger partial charge in [0.1, 0.15) is 0 Å². The molecular weight excluding hydrogens is 995 g/mol. The lowest BCUT2D eigenvalue weighted by Gasteiger charge is -2.22. The maximum atomic E-state index is 12.6. The fraction of sp³-hybridized carbons (Fsp3) is 0.947. The number of ether oxygens (including phenoxy) is 1. The third-order valence-corrected chi connectivity index (χ3v) is 17.8. The third-order valence-electron chi connectivity index (χ3n) is 17.8. The van der Waals surface area contributed by atoms with Crippen molar-refractivity contribution in [2.24, 2.45) is 0 Å². The van der Waals surface area contributed by atoms with E-state index in [1.54, 1.807) is 0 Å². The maximum absolute atomic E-state index is 12.6. The van der Waals surface area contributed by atoms with Crippen LogP contribution in [0.25, 0.3) is 0 Å². The molecule has 6 heteroatoms. The van der Waals surface area contributed by atoms with Gasteiger partial charge in [-0.2, -0.15) is 0 Å². The molecule has 0 aromatic carbocycles. The lowest BCUT2D eigenvalue weighted by atomic mass is 10.0. The zero-order valence-corrected chi connectivity index (χ0v) is 55.3. The Bertz CT molecular complexity index is 1220. The second kappa shape index (κ2) is 71.1. The molecule has 0 aliphatic carbocycles. The zero-order valence-electron chi connectivity index (χ0n) is 55.3. The SMILES string of the molecule is CCCC/C=C\CCCCCCCC(=O)OCCCCCCCCCCCCCCCCCCCCCCCCCCCCCCC(=O)NC(CO)C(O)CCCCCCCCCCCCCCCCCCCCCCCCCCC. The molecule has 0 aromatic rings. The van der Waals surface area contributed by atoms with E-state index < -0.39 is 12.1 Å². The van der Waals surface area contributed by atoms with E-state index in [1.807, 2.05) is 0 Å². The standard InChI is InChI=1S/C75H147NO5/c1-3-5-7-9-11-13-15-16-17-18-19-20-21-26-29-32-35-38-41-44-48-51-55-59-63-67-73(78)72(71-77)76-74(79)68-64-60-56-52-49-45-42-39-36-33-30-27-24-22-23-25-28-31-34-37-40-43-46-50-54-58-62-66-70-81-75(80)69-65-61-57-53-47-14-12-10-8-6-4-2/h10,12,72-73,77-78H,3-9,11,13-71H2,1-2H3,(H,76,79)/b12-10-. The number of esters is 1. The first kappa shape index (κ1) is 79.6. The molecule has 0 saturated heterocycles. The Labute approximate surface area is 508 Å². The molecule has 81 heavy (non-hydrogen) atoms. The Kier molecular flexibility index (Phi) is 69.9. The zero-order chi connectivity index (χ0) is 58.5. The van der Waals surface area contributed by atoms with Crippen molar-refractivity contribution < 1.29 is 24.5 Å². The van der Waals surface area contributed by atoms with Crippen LogP contribution in [0.2, 0.25) is 0 Å². The Morgan fingerprint density at radius 1 is 0.333 bits per heavy atom. The predicted octanol–water partition coefficient (Wildman–Crippen LogP) is 24.3. The first-order chi connectivity index (χ1) is 40.0. The van der Waals surface area contributed by atoms with E-state index in [0.717, 1.165) is 44.9 Å². The van der Waals surface area contributed by atoms with E-state index in [2.05, 4.69) is 31.3 Å². The minimum absolute atomic E-state index is 0.00878. The van der Waals surface area contributed by atoms with Crippen LogP contribution in [0, 0.1) is 0 Å². The molecule has 0 spiro atoms. The number of nitrogens with one attached hydrogen (secondary N) is 1. The second-order valence-electron chi connectivity index (χ2n) is 26.0. The summed E-state index contributed by atoms with van der Waals surface area (Å²) in [5, 5.41) is 23.5. The Morgan fingerprint density at radius 2 is 0.593 bits per heavy atom. The van der Waals surface area contributed by atoms with Crippen LogP contribution in [0.4, 0.5) is 0 Å². The first-order valence-electron chi connectivity index (χ1n) is 37.4. The number of unbranched alkanes of at least 4 members (excludes halogenated alkanes) is 58. The van der Waals surface area contributed by atoms with Gasteiger partial charge in [0, 0.05) is 12.8 Å². The number of aliphatic hydroxyl groups excluding tert-OH is 2. The van der Waals surface area contributed by atoms with Crippen LogP contribution in [-0.4, -0.2) is 47.4 Å². The molecular formula is C75H147NO5. The van der Waals surface area contributed by atoms with Crippen molar-refractivity contribution in [1.29, 1.82) is 0 Å². The number of hydrogen-bond donors (Lipinski definition) is 3. The summed E-state index contributed by atoms with van der Waals surface area (Å²) in [5.41, 5.74) is 0. The Morgan fingerprint density at radius 3 is 0.914 bits per heavy atom. The van der Waals surface area contributed by atoms with Crippen LogP contribution < -0.4 is 5.32 Å². The van der Waals surface area contributed by atoms with Gasteiger partial charge < -0.3 is 20.3 Å². The minimum Gasteiger partial charge on any atom is -0.466 e. The summed E-state index contributed by atoms with van der Waals surface area (Å²) in [6, 6.07) is -0.540. The average molecular weight is 1140 g/mol. The first-order valence-corrected chi connectivity index (χ1v) is 37.4. The molecule has 0 aliphatic rings. The third kappa shape index (κ3) is 67.6. The van der Waals surface area contributed by atoms with Crippen molar-refractivity contribution in [2.75, 3.05) is 13.2 Å². The second-order valence-corrected chi connectivity index (χ2v) is 26.0. The van der Waals surface area contributed by atoms with Crippen LogP contribution >= 0.6 is 0 Å². The van der Waals surface area contributed by atoms with Gasteiger partial charge in [0.15, 0.2) is 0 Å². The molecule has 0 heterocycles. The van der Waals surface area contributed by atoms with Crippen LogP contribution in [-0.2, 0) is 14.3 Å². The van der Waals surface area contributed by atoms with Crippen molar-refractivity contribution in [3.8, 4) is 0 Å². The van der Waals surface area contributed by atoms with E-state index in [1.165, 1.54) is 353 Å². The van der Waals surface area contributed by atoms with Gasteiger partial charge >= 0.3 is 5.97 Å². The lowest BCUT2D eigenvalue weighted by Crippen LogP contribution is -2.45. The summed E-state index contributed by atoms with van der Waals surface area (Å²) in [5.74, 6) is -0.0172. The topological polar surface area (TPSA) is 95.9 Å². The minimum atomic E-state index is -0.663. The summed E-state index contributed by atoms with van der Waals surface area (Å²) >= 11 is 0. The molecule has 0 aromatic heterocycles. The molecule has 3 N–H and O–H groups in total. The van der Waals surface area contributed by atoms with Crippen LogP contribution in [0.5, 0.6) is 0 Å². The van der Waals surface area contributed by atoms with Gasteiger partial charge in [-0.25, -0.2) is 0 Å². The smallest absolute Gasteiger partial charge is 0.305 e. The highest BCUT2D eigenvalue weighted by Gasteiger charge is 2.20. The van der Waals surface area contributed by atoms with Gasteiger partial charge in [-0.05, 0) is 44.9 Å². The van der Waals surface area contributed by atoms with Gasteiger partial charge in [0.2, 0.25) is 5.91 Å². The summed E-state index contributed by atoms with van der Waals surface area (Å²) in [7, 11) is 0.